The van der Waals surface area contributed by atoms with E-state index in [2.05, 4.69) is 95.1 Å². The summed E-state index contributed by atoms with van der Waals surface area (Å²) in [5.41, 5.74) is 4.04. The average Bonchev–Trinajstić information content (AvgIpc) is 2.75. The van der Waals surface area contributed by atoms with Crippen molar-refractivity contribution in [1.82, 2.24) is 0 Å². The number of nitrogens with zero attached hydrogens (tertiary/aromatic N) is 1. The standard InChI is InChI=1S/C20H26BNO2/c1-15-9-7-8-10-18(15)22(6)17-13-11-16(12-14-17)21-23-19(2,3)20(4,5)24-21/h7-14H,1-6H3. The molecule has 1 saturated heterocycles. The molecule has 0 radical (unpaired) electrons. The Balaban J connectivity index is 1.81. The fourth-order valence-corrected chi connectivity index (χ4v) is 2.91. The molecule has 0 saturated carbocycles. The highest BCUT2D eigenvalue weighted by atomic mass is 16.7. The zero-order valence-electron chi connectivity index (χ0n) is 15.5. The van der Waals surface area contributed by atoms with Crippen molar-refractivity contribution in [2.75, 3.05) is 11.9 Å². The van der Waals surface area contributed by atoms with E-state index in [4.69, 9.17) is 9.31 Å². The first-order chi connectivity index (χ1) is 11.2. The third-order valence-corrected chi connectivity index (χ3v) is 5.28. The van der Waals surface area contributed by atoms with Crippen LogP contribution in [0.15, 0.2) is 48.5 Å². The van der Waals surface area contributed by atoms with Crippen LogP contribution in [0.25, 0.3) is 0 Å². The highest BCUT2D eigenvalue weighted by molar-refractivity contribution is 6.62. The molecule has 2 aromatic rings. The van der Waals surface area contributed by atoms with Crippen LogP contribution in [0.4, 0.5) is 11.4 Å². The molecule has 1 aliphatic heterocycles. The first-order valence-electron chi connectivity index (χ1n) is 8.46. The Bertz CT molecular complexity index is 709. The van der Waals surface area contributed by atoms with Gasteiger partial charge < -0.3 is 14.2 Å². The molecule has 0 bridgehead atoms. The van der Waals surface area contributed by atoms with Crippen LogP contribution in [0.2, 0.25) is 0 Å². The average molecular weight is 323 g/mol. The molecular formula is C20H26BNO2. The number of aryl methyl sites for hydroxylation is 1. The fraction of sp³-hybridized carbons (Fsp3) is 0.400. The quantitative estimate of drug-likeness (QED) is 0.795. The van der Waals surface area contributed by atoms with Crippen LogP contribution >= 0.6 is 0 Å². The van der Waals surface area contributed by atoms with Crippen molar-refractivity contribution in [3.63, 3.8) is 0 Å². The smallest absolute Gasteiger partial charge is 0.399 e. The molecule has 0 aliphatic carbocycles. The van der Waals surface area contributed by atoms with Gasteiger partial charge in [0.2, 0.25) is 0 Å². The van der Waals surface area contributed by atoms with E-state index in [1.165, 1.54) is 11.3 Å². The molecule has 1 fully saturated rings. The van der Waals surface area contributed by atoms with Crippen molar-refractivity contribution in [3.8, 4) is 0 Å². The maximum atomic E-state index is 6.12. The van der Waals surface area contributed by atoms with Gasteiger partial charge in [0.15, 0.2) is 0 Å². The van der Waals surface area contributed by atoms with Crippen molar-refractivity contribution in [3.05, 3.63) is 54.1 Å². The monoisotopic (exact) mass is 323 g/mol. The number of para-hydroxylation sites is 1. The van der Waals surface area contributed by atoms with Gasteiger partial charge in [-0.3, -0.25) is 0 Å². The van der Waals surface area contributed by atoms with E-state index in [0.717, 1.165) is 11.2 Å². The topological polar surface area (TPSA) is 21.7 Å². The third kappa shape index (κ3) is 2.96. The van der Waals surface area contributed by atoms with E-state index in [9.17, 15) is 0 Å². The largest absolute Gasteiger partial charge is 0.494 e. The van der Waals surface area contributed by atoms with Crippen molar-refractivity contribution >= 4 is 24.0 Å². The number of hydrogen-bond donors (Lipinski definition) is 0. The summed E-state index contributed by atoms with van der Waals surface area (Å²) in [5, 5.41) is 0. The van der Waals surface area contributed by atoms with Gasteiger partial charge in [-0.2, -0.15) is 0 Å². The van der Waals surface area contributed by atoms with E-state index >= 15 is 0 Å². The molecular weight excluding hydrogens is 297 g/mol. The zero-order chi connectivity index (χ0) is 17.5. The van der Waals surface area contributed by atoms with Crippen molar-refractivity contribution < 1.29 is 9.31 Å². The van der Waals surface area contributed by atoms with Crippen molar-refractivity contribution in [1.29, 1.82) is 0 Å². The molecule has 1 aliphatic rings. The summed E-state index contributed by atoms with van der Waals surface area (Å²) in [5.74, 6) is 0. The Morgan fingerprint density at radius 2 is 1.38 bits per heavy atom. The number of anilines is 2. The van der Waals surface area contributed by atoms with Crippen molar-refractivity contribution in [2.24, 2.45) is 0 Å². The van der Waals surface area contributed by atoms with Gasteiger partial charge >= 0.3 is 7.12 Å². The summed E-state index contributed by atoms with van der Waals surface area (Å²) in [6, 6.07) is 16.8. The van der Waals surface area contributed by atoms with Crippen LogP contribution in [0.3, 0.4) is 0 Å². The summed E-state index contributed by atoms with van der Waals surface area (Å²) in [7, 11) is 1.78. The first kappa shape index (κ1) is 17.1. The molecule has 0 atom stereocenters. The number of hydrogen-bond acceptors (Lipinski definition) is 3. The molecule has 4 heteroatoms. The van der Waals surface area contributed by atoms with Crippen LogP contribution in [0, 0.1) is 6.92 Å². The Labute approximate surface area is 145 Å². The van der Waals surface area contributed by atoms with Gasteiger partial charge in [0, 0.05) is 18.4 Å². The van der Waals surface area contributed by atoms with Gasteiger partial charge in [0.25, 0.3) is 0 Å². The van der Waals surface area contributed by atoms with E-state index in [1.807, 2.05) is 0 Å². The molecule has 3 rings (SSSR count). The van der Waals surface area contributed by atoms with Gasteiger partial charge in [0.05, 0.1) is 11.2 Å². The summed E-state index contributed by atoms with van der Waals surface area (Å²) in [6.45, 7) is 10.4. The highest BCUT2D eigenvalue weighted by Crippen LogP contribution is 2.36. The predicted molar refractivity (Wildman–Crippen MR) is 101 cm³/mol. The number of benzene rings is 2. The molecule has 0 spiro atoms. The predicted octanol–water partition coefficient (Wildman–Crippen LogP) is 4.06. The van der Waals surface area contributed by atoms with Crippen LogP contribution < -0.4 is 10.4 Å². The lowest BCUT2D eigenvalue weighted by atomic mass is 9.79. The minimum atomic E-state index is -0.312. The second-order valence-corrected chi connectivity index (χ2v) is 7.53. The SMILES string of the molecule is Cc1ccccc1N(C)c1ccc(B2OC(C)(C)C(C)(C)O2)cc1. The van der Waals surface area contributed by atoms with Crippen molar-refractivity contribution in [2.45, 2.75) is 45.8 Å². The minimum Gasteiger partial charge on any atom is -0.399 e. The summed E-state index contributed by atoms with van der Waals surface area (Å²) in [4.78, 5) is 2.20. The Morgan fingerprint density at radius 1 is 0.833 bits per heavy atom. The van der Waals surface area contributed by atoms with E-state index in [1.54, 1.807) is 0 Å². The summed E-state index contributed by atoms with van der Waals surface area (Å²) in [6.07, 6.45) is 0. The lowest BCUT2D eigenvalue weighted by molar-refractivity contribution is 0.00578. The summed E-state index contributed by atoms with van der Waals surface area (Å²) < 4.78 is 12.2. The molecule has 2 aromatic carbocycles. The Hall–Kier alpha value is -1.78. The lowest BCUT2D eigenvalue weighted by Gasteiger charge is -2.32. The van der Waals surface area contributed by atoms with Gasteiger partial charge in [-0.1, -0.05) is 30.3 Å². The maximum Gasteiger partial charge on any atom is 0.494 e. The van der Waals surface area contributed by atoms with Gasteiger partial charge in [-0.25, -0.2) is 0 Å². The second kappa shape index (κ2) is 5.94. The Kier molecular flexibility index (Phi) is 4.22. The van der Waals surface area contributed by atoms with Gasteiger partial charge in [-0.05, 0) is 63.8 Å². The van der Waals surface area contributed by atoms with Gasteiger partial charge in [-0.15, -0.1) is 0 Å². The van der Waals surface area contributed by atoms with Gasteiger partial charge in [0.1, 0.15) is 0 Å². The highest BCUT2D eigenvalue weighted by Gasteiger charge is 2.51. The summed E-state index contributed by atoms with van der Waals surface area (Å²) >= 11 is 0. The zero-order valence-corrected chi connectivity index (χ0v) is 15.5. The molecule has 0 N–H and O–H groups in total. The molecule has 0 aromatic heterocycles. The number of rotatable bonds is 3. The maximum absolute atomic E-state index is 6.12. The molecule has 0 unspecified atom stereocenters. The molecule has 1 heterocycles. The minimum absolute atomic E-state index is 0.311. The molecule has 3 nitrogen and oxygen atoms in total. The normalized spacial score (nSPS) is 18.7. The lowest BCUT2D eigenvalue weighted by Crippen LogP contribution is -2.41. The second-order valence-electron chi connectivity index (χ2n) is 7.53. The van der Waals surface area contributed by atoms with Crippen LogP contribution in [0.1, 0.15) is 33.3 Å². The first-order valence-corrected chi connectivity index (χ1v) is 8.46. The third-order valence-electron chi connectivity index (χ3n) is 5.28. The molecule has 24 heavy (non-hydrogen) atoms. The molecule has 126 valence electrons. The fourth-order valence-electron chi connectivity index (χ4n) is 2.91. The van der Waals surface area contributed by atoms with E-state index in [0.29, 0.717) is 0 Å². The van der Waals surface area contributed by atoms with E-state index in [-0.39, 0.29) is 18.3 Å². The molecule has 0 amide bonds. The van der Waals surface area contributed by atoms with Crippen LogP contribution in [0.5, 0.6) is 0 Å². The van der Waals surface area contributed by atoms with E-state index < -0.39 is 0 Å². The Morgan fingerprint density at radius 3 is 1.92 bits per heavy atom. The van der Waals surface area contributed by atoms with Crippen LogP contribution in [-0.4, -0.2) is 25.4 Å². The van der Waals surface area contributed by atoms with Crippen LogP contribution in [-0.2, 0) is 9.31 Å².